The van der Waals surface area contributed by atoms with Crippen LogP contribution >= 0.6 is 11.3 Å². The quantitative estimate of drug-likeness (QED) is 0.777. The topological polar surface area (TPSA) is 83.6 Å². The average molecular weight is 396 g/mol. The summed E-state index contributed by atoms with van der Waals surface area (Å²) in [5.74, 6) is -3.12. The van der Waals surface area contributed by atoms with Crippen LogP contribution in [0.1, 0.15) is 20.8 Å². The molecule has 1 aliphatic heterocycles. The molecule has 0 saturated carbocycles. The number of ether oxygens (including phenoxy) is 1. The van der Waals surface area contributed by atoms with Crippen LogP contribution in [0.4, 0.5) is 13.9 Å². The highest BCUT2D eigenvalue weighted by Crippen LogP contribution is 2.17. The van der Waals surface area contributed by atoms with Crippen LogP contribution in [0, 0.1) is 11.6 Å². The molecular formula is C17H18F2N4O3S. The van der Waals surface area contributed by atoms with Crippen LogP contribution in [0.2, 0.25) is 0 Å². The van der Waals surface area contributed by atoms with Gasteiger partial charge < -0.3 is 10.1 Å². The van der Waals surface area contributed by atoms with Crippen molar-refractivity contribution in [2.45, 2.75) is 0 Å². The summed E-state index contributed by atoms with van der Waals surface area (Å²) in [5.41, 5.74) is 0.142. The number of carbonyl (C=O) groups is 2. The number of carbonyl (C=O) groups excluding carboxylic acids is 2. The Labute approximate surface area is 158 Å². The molecule has 2 amide bonds. The zero-order chi connectivity index (χ0) is 19.2. The summed E-state index contributed by atoms with van der Waals surface area (Å²) >= 11 is 1.07. The predicted molar refractivity (Wildman–Crippen MR) is 96.0 cm³/mol. The highest BCUT2D eigenvalue weighted by atomic mass is 32.1. The Kier molecular flexibility index (Phi) is 6.43. The van der Waals surface area contributed by atoms with Crippen molar-refractivity contribution in [3.05, 3.63) is 46.5 Å². The zero-order valence-corrected chi connectivity index (χ0v) is 15.2. The number of hydrogen-bond acceptors (Lipinski definition) is 6. The fraction of sp³-hybridized carbons (Fsp3) is 0.353. The Hall–Kier alpha value is -2.43. The Morgan fingerprint density at radius 3 is 2.70 bits per heavy atom. The SMILES string of the molecule is O=C(Nc1nc(C(=O)NCCN2CCOCC2)cs1)c1ccc(F)c(F)c1. The van der Waals surface area contributed by atoms with Crippen molar-refractivity contribution < 1.29 is 23.1 Å². The second-order valence-corrected chi connectivity index (χ2v) is 6.69. The van der Waals surface area contributed by atoms with Gasteiger partial charge in [-0.1, -0.05) is 0 Å². The van der Waals surface area contributed by atoms with E-state index < -0.39 is 17.5 Å². The van der Waals surface area contributed by atoms with Crippen LogP contribution in [0.3, 0.4) is 0 Å². The molecule has 1 fully saturated rings. The first-order valence-corrected chi connectivity index (χ1v) is 9.21. The molecule has 0 atom stereocenters. The molecule has 1 aliphatic rings. The largest absolute Gasteiger partial charge is 0.379 e. The third-order valence-electron chi connectivity index (χ3n) is 3.96. The zero-order valence-electron chi connectivity index (χ0n) is 14.3. The van der Waals surface area contributed by atoms with Gasteiger partial charge in [0.15, 0.2) is 16.8 Å². The maximum Gasteiger partial charge on any atom is 0.270 e. The van der Waals surface area contributed by atoms with E-state index in [-0.39, 0.29) is 22.3 Å². The Bertz CT molecular complexity index is 824. The lowest BCUT2D eigenvalue weighted by atomic mass is 10.2. The third kappa shape index (κ3) is 5.28. The van der Waals surface area contributed by atoms with Crippen LogP contribution in [0.5, 0.6) is 0 Å². The van der Waals surface area contributed by atoms with E-state index in [1.807, 2.05) is 0 Å². The summed E-state index contributed by atoms with van der Waals surface area (Å²) in [4.78, 5) is 30.4. The lowest BCUT2D eigenvalue weighted by Crippen LogP contribution is -2.41. The molecule has 0 unspecified atom stereocenters. The van der Waals surface area contributed by atoms with Crippen LogP contribution < -0.4 is 10.6 Å². The van der Waals surface area contributed by atoms with Crippen molar-refractivity contribution in [2.24, 2.45) is 0 Å². The number of rotatable bonds is 6. The molecule has 10 heteroatoms. The molecule has 3 rings (SSSR count). The second kappa shape index (κ2) is 8.98. The van der Waals surface area contributed by atoms with Crippen LogP contribution in [-0.2, 0) is 4.74 Å². The van der Waals surface area contributed by atoms with Crippen LogP contribution in [0.25, 0.3) is 0 Å². The number of morpholine rings is 1. The van der Waals surface area contributed by atoms with E-state index in [2.05, 4.69) is 20.5 Å². The van der Waals surface area contributed by atoms with Gasteiger partial charge in [-0.2, -0.15) is 0 Å². The molecular weight excluding hydrogens is 378 g/mol. The molecule has 0 radical (unpaired) electrons. The fourth-order valence-corrected chi connectivity index (χ4v) is 3.17. The van der Waals surface area contributed by atoms with Gasteiger partial charge in [-0.3, -0.25) is 19.8 Å². The minimum absolute atomic E-state index is 0.0411. The number of nitrogens with one attached hydrogen (secondary N) is 2. The molecule has 1 saturated heterocycles. The lowest BCUT2D eigenvalue weighted by molar-refractivity contribution is 0.0383. The van der Waals surface area contributed by atoms with Crippen molar-refractivity contribution in [2.75, 3.05) is 44.7 Å². The third-order valence-corrected chi connectivity index (χ3v) is 4.71. The summed E-state index contributed by atoms with van der Waals surface area (Å²) in [7, 11) is 0. The average Bonchev–Trinajstić information content (AvgIpc) is 3.13. The van der Waals surface area contributed by atoms with E-state index in [4.69, 9.17) is 4.74 Å². The van der Waals surface area contributed by atoms with E-state index >= 15 is 0 Å². The Morgan fingerprint density at radius 2 is 1.96 bits per heavy atom. The molecule has 27 heavy (non-hydrogen) atoms. The summed E-state index contributed by atoms with van der Waals surface area (Å²) in [6.07, 6.45) is 0. The van der Waals surface area contributed by atoms with E-state index in [1.54, 1.807) is 0 Å². The summed E-state index contributed by atoms with van der Waals surface area (Å²) < 4.78 is 31.4. The standard InChI is InChI=1S/C17H18F2N4O3S/c18-12-2-1-11(9-13(12)19)15(24)22-17-21-14(10-27-17)16(25)20-3-4-23-5-7-26-8-6-23/h1-2,9-10H,3-8H2,(H,20,25)(H,21,22,24). The molecule has 0 spiro atoms. The van der Waals surface area contributed by atoms with Gasteiger partial charge in [-0.05, 0) is 18.2 Å². The number of nitrogens with zero attached hydrogens (tertiary/aromatic N) is 2. The normalized spacial score (nSPS) is 14.7. The molecule has 7 nitrogen and oxygen atoms in total. The van der Waals surface area contributed by atoms with Crippen molar-refractivity contribution >= 4 is 28.3 Å². The minimum Gasteiger partial charge on any atom is -0.379 e. The summed E-state index contributed by atoms with van der Waals surface area (Å²) in [6, 6.07) is 2.84. The number of amides is 2. The van der Waals surface area contributed by atoms with E-state index in [1.165, 1.54) is 11.4 Å². The number of hydrogen-bond donors (Lipinski definition) is 2. The first kappa shape index (κ1) is 19.3. The number of halogens is 2. The number of thiazole rings is 1. The molecule has 2 heterocycles. The molecule has 2 N–H and O–H groups in total. The molecule has 2 aromatic rings. The minimum atomic E-state index is -1.11. The predicted octanol–water partition coefficient (Wildman–Crippen LogP) is 1.74. The highest BCUT2D eigenvalue weighted by Gasteiger charge is 2.15. The van der Waals surface area contributed by atoms with Crippen molar-refractivity contribution in [3.8, 4) is 0 Å². The first-order chi connectivity index (χ1) is 13.0. The first-order valence-electron chi connectivity index (χ1n) is 8.33. The lowest BCUT2D eigenvalue weighted by Gasteiger charge is -2.26. The van der Waals surface area contributed by atoms with E-state index in [0.29, 0.717) is 19.8 Å². The van der Waals surface area contributed by atoms with Crippen LogP contribution in [-0.4, -0.2) is 61.1 Å². The highest BCUT2D eigenvalue weighted by molar-refractivity contribution is 7.14. The monoisotopic (exact) mass is 396 g/mol. The Morgan fingerprint density at radius 1 is 1.19 bits per heavy atom. The van der Waals surface area contributed by atoms with Gasteiger partial charge in [-0.15, -0.1) is 11.3 Å². The van der Waals surface area contributed by atoms with Gasteiger partial charge in [0.1, 0.15) is 5.69 Å². The summed E-state index contributed by atoms with van der Waals surface area (Å²) in [6.45, 7) is 4.27. The van der Waals surface area contributed by atoms with Crippen molar-refractivity contribution in [1.29, 1.82) is 0 Å². The maximum atomic E-state index is 13.2. The van der Waals surface area contributed by atoms with Gasteiger partial charge in [0, 0.05) is 37.1 Å². The molecule has 1 aromatic heterocycles. The molecule has 144 valence electrons. The van der Waals surface area contributed by atoms with Crippen molar-refractivity contribution in [1.82, 2.24) is 15.2 Å². The maximum absolute atomic E-state index is 13.2. The van der Waals surface area contributed by atoms with Crippen LogP contribution in [0.15, 0.2) is 23.6 Å². The van der Waals surface area contributed by atoms with Gasteiger partial charge in [0.25, 0.3) is 11.8 Å². The van der Waals surface area contributed by atoms with Crippen molar-refractivity contribution in [3.63, 3.8) is 0 Å². The fourth-order valence-electron chi connectivity index (χ4n) is 2.48. The molecule has 0 aliphatic carbocycles. The van der Waals surface area contributed by atoms with Gasteiger partial charge in [0.05, 0.1) is 13.2 Å². The molecule has 1 aromatic carbocycles. The van der Waals surface area contributed by atoms with E-state index in [0.717, 1.165) is 43.1 Å². The Balaban J connectivity index is 1.50. The second-order valence-electron chi connectivity index (χ2n) is 5.83. The van der Waals surface area contributed by atoms with Gasteiger partial charge in [0.2, 0.25) is 0 Å². The number of anilines is 1. The summed E-state index contributed by atoms with van der Waals surface area (Å²) in [5, 5.41) is 6.96. The van der Waals surface area contributed by atoms with E-state index in [9.17, 15) is 18.4 Å². The van der Waals surface area contributed by atoms with Gasteiger partial charge in [-0.25, -0.2) is 13.8 Å². The number of aromatic nitrogens is 1. The molecule has 0 bridgehead atoms. The smallest absolute Gasteiger partial charge is 0.270 e. The van der Waals surface area contributed by atoms with Gasteiger partial charge >= 0.3 is 0 Å². The number of benzene rings is 1.